The molecule has 0 radical (unpaired) electrons. The van der Waals surface area contributed by atoms with Crippen molar-refractivity contribution in [1.82, 2.24) is 14.9 Å². The molecule has 1 rings (SSSR count). The number of H-pyrrole nitrogens is 1. The van der Waals surface area contributed by atoms with Gasteiger partial charge < -0.3 is 10.3 Å². The van der Waals surface area contributed by atoms with Crippen LogP contribution >= 0.6 is 0 Å². The van der Waals surface area contributed by atoms with Crippen LogP contribution in [0.1, 0.15) is 26.8 Å². The van der Waals surface area contributed by atoms with E-state index in [0.717, 1.165) is 0 Å². The predicted molar refractivity (Wildman–Crippen MR) is 53.0 cm³/mol. The van der Waals surface area contributed by atoms with Gasteiger partial charge in [-0.2, -0.15) is 0 Å². The van der Waals surface area contributed by atoms with Crippen LogP contribution in [-0.2, 0) is 4.79 Å². The highest BCUT2D eigenvalue weighted by atomic mass is 16.2. The first-order valence-corrected chi connectivity index (χ1v) is 4.58. The minimum Gasteiger partial charge on any atom is -0.352 e. The number of rotatable bonds is 3. The Kier molecular flexibility index (Phi) is 3.11. The monoisotopic (exact) mass is 197 g/mol. The Morgan fingerprint density at radius 2 is 2.14 bits per heavy atom. The number of amides is 1. The Morgan fingerprint density at radius 1 is 1.50 bits per heavy atom. The molecule has 1 unspecified atom stereocenters. The zero-order chi connectivity index (χ0) is 10.7. The van der Waals surface area contributed by atoms with Crippen LogP contribution < -0.4 is 11.0 Å². The lowest BCUT2D eigenvalue weighted by Gasteiger charge is -2.14. The maximum absolute atomic E-state index is 11.5. The van der Waals surface area contributed by atoms with Gasteiger partial charge in [-0.3, -0.25) is 9.36 Å². The Balaban J connectivity index is 2.76. The lowest BCUT2D eigenvalue weighted by molar-refractivity contribution is -0.124. The molecule has 1 amide bonds. The number of hydrogen-bond acceptors (Lipinski definition) is 2. The summed E-state index contributed by atoms with van der Waals surface area (Å²) in [7, 11) is 0. The zero-order valence-corrected chi connectivity index (χ0v) is 8.57. The molecule has 0 saturated heterocycles. The number of aromatic amines is 1. The Hall–Kier alpha value is -1.52. The molecule has 0 bridgehead atoms. The molecule has 2 N–H and O–H groups in total. The molecular weight excluding hydrogens is 182 g/mol. The van der Waals surface area contributed by atoms with Crippen LogP contribution in [0, 0.1) is 0 Å². The molecule has 1 aromatic heterocycles. The van der Waals surface area contributed by atoms with Gasteiger partial charge in [0.05, 0.1) is 0 Å². The van der Waals surface area contributed by atoms with E-state index >= 15 is 0 Å². The van der Waals surface area contributed by atoms with Crippen molar-refractivity contribution in [3.63, 3.8) is 0 Å². The minimum absolute atomic E-state index is 0.0830. The van der Waals surface area contributed by atoms with Crippen LogP contribution in [0.4, 0.5) is 0 Å². The van der Waals surface area contributed by atoms with Crippen LogP contribution in [-0.4, -0.2) is 21.5 Å². The third-order valence-electron chi connectivity index (χ3n) is 1.90. The van der Waals surface area contributed by atoms with Crippen LogP contribution in [0.2, 0.25) is 0 Å². The first-order chi connectivity index (χ1) is 6.52. The Labute approximate surface area is 82.1 Å². The summed E-state index contributed by atoms with van der Waals surface area (Å²) in [6, 6.07) is -0.393. The number of carbonyl (C=O) groups is 1. The van der Waals surface area contributed by atoms with Gasteiger partial charge in [-0.1, -0.05) is 0 Å². The summed E-state index contributed by atoms with van der Waals surface area (Å²) in [5.41, 5.74) is -0.267. The van der Waals surface area contributed by atoms with E-state index in [1.54, 1.807) is 13.1 Å². The average Bonchev–Trinajstić information content (AvgIpc) is 2.48. The van der Waals surface area contributed by atoms with Crippen molar-refractivity contribution in [2.75, 3.05) is 0 Å². The molecule has 0 aliphatic heterocycles. The van der Waals surface area contributed by atoms with Crippen molar-refractivity contribution in [2.24, 2.45) is 0 Å². The van der Waals surface area contributed by atoms with E-state index in [4.69, 9.17) is 0 Å². The van der Waals surface area contributed by atoms with Gasteiger partial charge in [0.2, 0.25) is 5.91 Å². The fourth-order valence-electron chi connectivity index (χ4n) is 1.17. The van der Waals surface area contributed by atoms with Crippen molar-refractivity contribution in [1.29, 1.82) is 0 Å². The van der Waals surface area contributed by atoms with E-state index < -0.39 is 6.04 Å². The average molecular weight is 197 g/mol. The molecule has 78 valence electrons. The summed E-state index contributed by atoms with van der Waals surface area (Å²) >= 11 is 0. The lowest BCUT2D eigenvalue weighted by Crippen LogP contribution is -2.38. The van der Waals surface area contributed by atoms with Crippen LogP contribution in [0.3, 0.4) is 0 Å². The number of imidazole rings is 1. The summed E-state index contributed by atoms with van der Waals surface area (Å²) < 4.78 is 1.36. The quantitative estimate of drug-likeness (QED) is 0.730. The zero-order valence-electron chi connectivity index (χ0n) is 8.57. The van der Waals surface area contributed by atoms with E-state index in [-0.39, 0.29) is 17.6 Å². The molecule has 1 heterocycles. The van der Waals surface area contributed by atoms with Gasteiger partial charge in [0.1, 0.15) is 6.04 Å². The molecule has 1 aromatic rings. The van der Waals surface area contributed by atoms with E-state index in [1.807, 2.05) is 13.8 Å². The first kappa shape index (κ1) is 10.6. The topological polar surface area (TPSA) is 66.9 Å². The standard InChI is InChI=1S/C9H15N3O2/c1-6(2)11-8(13)7(3)12-5-4-10-9(12)14/h4-7H,1-3H3,(H,10,14)(H,11,13). The summed E-state index contributed by atoms with van der Waals surface area (Å²) in [6.07, 6.45) is 3.08. The number of hydrogen-bond donors (Lipinski definition) is 2. The molecule has 0 aromatic carbocycles. The van der Waals surface area contributed by atoms with Gasteiger partial charge in [0, 0.05) is 18.4 Å². The second-order valence-corrected chi connectivity index (χ2v) is 3.51. The van der Waals surface area contributed by atoms with Gasteiger partial charge in [-0.05, 0) is 20.8 Å². The number of nitrogens with one attached hydrogen (secondary N) is 2. The predicted octanol–water partition coefficient (Wildman–Crippen LogP) is 0.262. The largest absolute Gasteiger partial charge is 0.352 e. The summed E-state index contributed by atoms with van der Waals surface area (Å²) in [5.74, 6) is -0.151. The van der Waals surface area contributed by atoms with Crippen molar-refractivity contribution in [3.8, 4) is 0 Å². The number of nitrogens with zero attached hydrogens (tertiary/aromatic N) is 1. The minimum atomic E-state index is -0.476. The van der Waals surface area contributed by atoms with Gasteiger partial charge in [-0.15, -0.1) is 0 Å². The highest BCUT2D eigenvalue weighted by Crippen LogP contribution is 2.01. The molecule has 0 fully saturated rings. The summed E-state index contributed by atoms with van der Waals surface area (Å²) in [4.78, 5) is 25.2. The summed E-state index contributed by atoms with van der Waals surface area (Å²) in [6.45, 7) is 5.45. The molecule has 0 aliphatic rings. The molecule has 5 nitrogen and oxygen atoms in total. The van der Waals surface area contributed by atoms with E-state index in [2.05, 4.69) is 10.3 Å². The van der Waals surface area contributed by atoms with Gasteiger partial charge in [-0.25, -0.2) is 4.79 Å². The van der Waals surface area contributed by atoms with Crippen molar-refractivity contribution in [3.05, 3.63) is 22.9 Å². The lowest BCUT2D eigenvalue weighted by atomic mass is 10.3. The van der Waals surface area contributed by atoms with Gasteiger partial charge in [0.25, 0.3) is 0 Å². The first-order valence-electron chi connectivity index (χ1n) is 4.58. The highest BCUT2D eigenvalue weighted by Gasteiger charge is 2.16. The fourth-order valence-corrected chi connectivity index (χ4v) is 1.17. The second-order valence-electron chi connectivity index (χ2n) is 3.51. The molecule has 0 spiro atoms. The number of carbonyl (C=O) groups excluding carboxylic acids is 1. The third-order valence-corrected chi connectivity index (χ3v) is 1.90. The van der Waals surface area contributed by atoms with Crippen molar-refractivity contribution in [2.45, 2.75) is 32.9 Å². The van der Waals surface area contributed by atoms with Crippen molar-refractivity contribution < 1.29 is 4.79 Å². The molecule has 0 aliphatic carbocycles. The Morgan fingerprint density at radius 3 is 2.57 bits per heavy atom. The molecule has 1 atom stereocenters. The molecular formula is C9H15N3O2. The van der Waals surface area contributed by atoms with Crippen molar-refractivity contribution >= 4 is 5.91 Å². The molecule has 0 saturated carbocycles. The van der Waals surface area contributed by atoms with E-state index in [9.17, 15) is 9.59 Å². The molecule has 5 heteroatoms. The third kappa shape index (κ3) is 2.25. The van der Waals surface area contributed by atoms with Crippen LogP contribution in [0.5, 0.6) is 0 Å². The van der Waals surface area contributed by atoms with Crippen LogP contribution in [0.25, 0.3) is 0 Å². The number of aromatic nitrogens is 2. The van der Waals surface area contributed by atoms with E-state index in [0.29, 0.717) is 0 Å². The van der Waals surface area contributed by atoms with E-state index in [1.165, 1.54) is 10.8 Å². The summed E-state index contributed by atoms with van der Waals surface area (Å²) in [5, 5.41) is 2.75. The Bertz CT molecular complexity index is 364. The smallest absolute Gasteiger partial charge is 0.326 e. The highest BCUT2D eigenvalue weighted by molar-refractivity contribution is 5.80. The fraction of sp³-hybridized carbons (Fsp3) is 0.556. The second kappa shape index (κ2) is 4.13. The van der Waals surface area contributed by atoms with Gasteiger partial charge >= 0.3 is 5.69 Å². The normalized spacial score (nSPS) is 12.9. The van der Waals surface area contributed by atoms with Crippen LogP contribution in [0.15, 0.2) is 17.2 Å². The maximum Gasteiger partial charge on any atom is 0.326 e. The maximum atomic E-state index is 11.5. The SMILES string of the molecule is CC(C)NC(=O)C(C)n1cc[nH]c1=O. The molecule has 14 heavy (non-hydrogen) atoms. The van der Waals surface area contributed by atoms with Gasteiger partial charge in [0.15, 0.2) is 0 Å².